The molecule has 0 aliphatic carbocycles. The second kappa shape index (κ2) is 6.96. The third kappa shape index (κ3) is 3.99. The van der Waals surface area contributed by atoms with Crippen LogP contribution in [0.15, 0.2) is 24.3 Å². The number of hydrogen-bond acceptors (Lipinski definition) is 4. The van der Waals surface area contributed by atoms with Crippen LogP contribution in [-0.4, -0.2) is 38.9 Å². The van der Waals surface area contributed by atoms with E-state index in [1.807, 2.05) is 25.1 Å². The summed E-state index contributed by atoms with van der Waals surface area (Å²) in [4.78, 5) is 11.7. The van der Waals surface area contributed by atoms with Crippen molar-refractivity contribution < 1.29 is 19.0 Å². The largest absolute Gasteiger partial charge is 0.486 e. The lowest BCUT2D eigenvalue weighted by Crippen LogP contribution is -2.34. The fourth-order valence-corrected chi connectivity index (χ4v) is 1.92. The van der Waals surface area contributed by atoms with Gasteiger partial charge in [-0.3, -0.25) is 4.79 Å². The number of fused-ring (bicyclic) bond motifs is 1. The molecule has 0 spiro atoms. The van der Waals surface area contributed by atoms with Gasteiger partial charge in [-0.2, -0.15) is 0 Å². The van der Waals surface area contributed by atoms with Crippen LogP contribution in [0.3, 0.4) is 0 Å². The highest BCUT2D eigenvalue weighted by Gasteiger charge is 2.11. The van der Waals surface area contributed by atoms with E-state index >= 15 is 0 Å². The molecular formula is C15H19NO4. The Hall–Kier alpha value is -2.01. The van der Waals surface area contributed by atoms with E-state index in [1.54, 1.807) is 13.2 Å². The molecule has 0 radical (unpaired) electrons. The van der Waals surface area contributed by atoms with Gasteiger partial charge in [-0.25, -0.2) is 0 Å². The lowest BCUT2D eigenvalue weighted by Gasteiger charge is -2.18. The highest BCUT2D eigenvalue weighted by molar-refractivity contribution is 5.92. The third-order valence-corrected chi connectivity index (χ3v) is 2.80. The van der Waals surface area contributed by atoms with Crippen molar-refractivity contribution in [2.75, 3.05) is 26.9 Å². The van der Waals surface area contributed by atoms with E-state index in [-0.39, 0.29) is 11.9 Å². The average Bonchev–Trinajstić information content (AvgIpc) is 2.45. The minimum Gasteiger partial charge on any atom is -0.486 e. The molecule has 0 saturated carbocycles. The van der Waals surface area contributed by atoms with Gasteiger partial charge in [0.05, 0.1) is 6.61 Å². The van der Waals surface area contributed by atoms with Crippen LogP contribution in [0, 0.1) is 0 Å². The van der Waals surface area contributed by atoms with Crippen LogP contribution in [0.1, 0.15) is 12.5 Å². The van der Waals surface area contributed by atoms with E-state index in [1.165, 1.54) is 6.08 Å². The summed E-state index contributed by atoms with van der Waals surface area (Å²) in [5, 5.41) is 2.81. The molecular weight excluding hydrogens is 258 g/mol. The van der Waals surface area contributed by atoms with Gasteiger partial charge in [0.25, 0.3) is 0 Å². The molecule has 1 amide bonds. The zero-order valence-electron chi connectivity index (χ0n) is 11.7. The monoisotopic (exact) mass is 277 g/mol. The van der Waals surface area contributed by atoms with Crippen LogP contribution in [0.2, 0.25) is 0 Å². The van der Waals surface area contributed by atoms with E-state index in [9.17, 15) is 4.79 Å². The van der Waals surface area contributed by atoms with Gasteiger partial charge in [0, 0.05) is 19.2 Å². The maximum absolute atomic E-state index is 11.7. The van der Waals surface area contributed by atoms with Gasteiger partial charge in [-0.15, -0.1) is 0 Å². The van der Waals surface area contributed by atoms with Gasteiger partial charge in [0.15, 0.2) is 11.5 Å². The fourth-order valence-electron chi connectivity index (χ4n) is 1.92. The van der Waals surface area contributed by atoms with Crippen LogP contribution >= 0.6 is 0 Å². The summed E-state index contributed by atoms with van der Waals surface area (Å²) in [7, 11) is 1.60. The summed E-state index contributed by atoms with van der Waals surface area (Å²) in [6, 6.07) is 5.57. The van der Waals surface area contributed by atoms with Crippen LogP contribution in [0.4, 0.5) is 0 Å². The minimum atomic E-state index is -0.149. The molecule has 5 heteroatoms. The van der Waals surface area contributed by atoms with E-state index in [0.29, 0.717) is 25.6 Å². The Morgan fingerprint density at radius 3 is 2.90 bits per heavy atom. The van der Waals surface area contributed by atoms with Crippen LogP contribution in [0.5, 0.6) is 11.5 Å². The van der Waals surface area contributed by atoms with E-state index in [2.05, 4.69) is 5.32 Å². The van der Waals surface area contributed by atoms with Crippen LogP contribution in [-0.2, 0) is 9.53 Å². The maximum atomic E-state index is 11.7. The summed E-state index contributed by atoms with van der Waals surface area (Å²) in [6.45, 7) is 3.50. The summed E-state index contributed by atoms with van der Waals surface area (Å²) >= 11 is 0. The number of ether oxygens (including phenoxy) is 3. The highest BCUT2D eigenvalue weighted by atomic mass is 16.6. The lowest BCUT2D eigenvalue weighted by molar-refractivity contribution is -0.117. The molecule has 1 heterocycles. The molecule has 5 nitrogen and oxygen atoms in total. The van der Waals surface area contributed by atoms with Crippen molar-refractivity contribution in [3.05, 3.63) is 29.8 Å². The summed E-state index contributed by atoms with van der Waals surface area (Å²) in [5.41, 5.74) is 0.892. The zero-order valence-corrected chi connectivity index (χ0v) is 11.7. The molecule has 0 fully saturated rings. The first-order valence-electron chi connectivity index (χ1n) is 6.56. The number of rotatable bonds is 5. The molecule has 1 aliphatic rings. The van der Waals surface area contributed by atoms with E-state index < -0.39 is 0 Å². The average molecular weight is 277 g/mol. The molecule has 108 valence electrons. The topological polar surface area (TPSA) is 56.8 Å². The van der Waals surface area contributed by atoms with Crippen LogP contribution in [0.25, 0.3) is 6.08 Å². The third-order valence-electron chi connectivity index (χ3n) is 2.80. The number of nitrogens with one attached hydrogen (secondary N) is 1. The number of carbonyl (C=O) groups is 1. The molecule has 0 aromatic heterocycles. The summed E-state index contributed by atoms with van der Waals surface area (Å²) in [6.07, 6.45) is 3.24. The van der Waals surface area contributed by atoms with Crippen molar-refractivity contribution in [2.24, 2.45) is 0 Å². The Morgan fingerprint density at radius 2 is 2.15 bits per heavy atom. The number of hydrogen-bond donors (Lipinski definition) is 1. The van der Waals surface area contributed by atoms with Crippen molar-refractivity contribution in [3.63, 3.8) is 0 Å². The molecule has 1 aromatic rings. The Balaban J connectivity index is 1.95. The zero-order chi connectivity index (χ0) is 14.4. The van der Waals surface area contributed by atoms with Crippen LogP contribution < -0.4 is 14.8 Å². The first kappa shape index (κ1) is 14.4. The Bertz CT molecular complexity index is 499. The molecule has 1 aromatic carbocycles. The molecule has 0 saturated heterocycles. The van der Waals surface area contributed by atoms with Crippen molar-refractivity contribution in [2.45, 2.75) is 13.0 Å². The standard InChI is InChI=1S/C15H19NO4/c1-11(10-18-2)16-15(17)6-4-12-3-5-13-14(9-12)20-8-7-19-13/h3-6,9,11H,7-8,10H2,1-2H3,(H,16,17)/b6-4+. The smallest absolute Gasteiger partial charge is 0.244 e. The van der Waals surface area contributed by atoms with Crippen molar-refractivity contribution in [3.8, 4) is 11.5 Å². The van der Waals surface area contributed by atoms with Gasteiger partial charge >= 0.3 is 0 Å². The highest BCUT2D eigenvalue weighted by Crippen LogP contribution is 2.30. The normalized spacial score (nSPS) is 15.1. The maximum Gasteiger partial charge on any atom is 0.244 e. The summed E-state index contributed by atoms with van der Waals surface area (Å²) < 4.78 is 15.9. The Morgan fingerprint density at radius 1 is 1.40 bits per heavy atom. The first-order chi connectivity index (χ1) is 9.69. The lowest BCUT2D eigenvalue weighted by atomic mass is 10.2. The molecule has 20 heavy (non-hydrogen) atoms. The quantitative estimate of drug-likeness (QED) is 0.831. The molecule has 1 aliphatic heterocycles. The summed E-state index contributed by atoms with van der Waals surface area (Å²) in [5.74, 6) is 1.31. The second-order valence-electron chi connectivity index (χ2n) is 4.60. The van der Waals surface area contributed by atoms with Gasteiger partial charge in [0.1, 0.15) is 13.2 Å². The second-order valence-corrected chi connectivity index (χ2v) is 4.60. The SMILES string of the molecule is COCC(C)NC(=O)/C=C/c1ccc2c(c1)OCCO2. The van der Waals surface area contributed by atoms with E-state index in [0.717, 1.165) is 11.3 Å². The number of amides is 1. The van der Waals surface area contributed by atoms with Gasteiger partial charge in [0.2, 0.25) is 5.91 Å². The molecule has 1 unspecified atom stereocenters. The fraction of sp³-hybridized carbons (Fsp3) is 0.400. The predicted molar refractivity (Wildman–Crippen MR) is 75.9 cm³/mol. The Labute approximate surface area is 118 Å². The molecule has 1 N–H and O–H groups in total. The molecule has 2 rings (SSSR count). The van der Waals surface area contributed by atoms with Crippen molar-refractivity contribution >= 4 is 12.0 Å². The number of carbonyl (C=O) groups excluding carboxylic acids is 1. The van der Waals surface area contributed by atoms with Gasteiger partial charge in [-0.1, -0.05) is 6.07 Å². The van der Waals surface area contributed by atoms with Gasteiger partial charge < -0.3 is 19.5 Å². The molecule has 1 atom stereocenters. The first-order valence-corrected chi connectivity index (χ1v) is 6.56. The minimum absolute atomic E-state index is 0.0163. The predicted octanol–water partition coefficient (Wildman–Crippen LogP) is 1.62. The van der Waals surface area contributed by atoms with Crippen molar-refractivity contribution in [1.29, 1.82) is 0 Å². The number of methoxy groups -OCH3 is 1. The molecule has 0 bridgehead atoms. The van der Waals surface area contributed by atoms with Crippen molar-refractivity contribution in [1.82, 2.24) is 5.32 Å². The van der Waals surface area contributed by atoms with E-state index in [4.69, 9.17) is 14.2 Å². The number of benzene rings is 1. The Kier molecular flexibility index (Phi) is 5.01. The van der Waals surface area contributed by atoms with Gasteiger partial charge in [-0.05, 0) is 30.7 Å².